The van der Waals surface area contributed by atoms with Gasteiger partial charge in [0, 0.05) is 35.3 Å². The van der Waals surface area contributed by atoms with Crippen molar-refractivity contribution in [1.29, 1.82) is 0 Å². The van der Waals surface area contributed by atoms with E-state index in [1.807, 2.05) is 0 Å². The summed E-state index contributed by atoms with van der Waals surface area (Å²) in [6, 6.07) is 5.12. The molecule has 0 spiro atoms. The van der Waals surface area contributed by atoms with Crippen molar-refractivity contribution >= 4 is 32.7 Å². The summed E-state index contributed by atoms with van der Waals surface area (Å²) in [5.41, 5.74) is 2.73. The summed E-state index contributed by atoms with van der Waals surface area (Å²) in [4.78, 5) is 25.1. The van der Waals surface area contributed by atoms with Crippen LogP contribution in [0, 0.1) is 20.8 Å². The molecule has 0 unspecified atom stereocenters. The average Bonchev–Trinajstić information content (AvgIpc) is 3.09. The number of fused-ring (bicyclic) bond motifs is 1. The molecule has 0 radical (unpaired) electrons. The Morgan fingerprint density at radius 3 is 2.55 bits per heavy atom. The van der Waals surface area contributed by atoms with E-state index in [9.17, 15) is 13.2 Å². The molecule has 160 valence electrons. The first-order valence-corrected chi connectivity index (χ1v) is 11.5. The molecule has 1 N–H and O–H groups in total. The molecule has 4 aromatic rings. The van der Waals surface area contributed by atoms with E-state index in [-0.39, 0.29) is 21.3 Å². The minimum atomic E-state index is -3.88. The Bertz CT molecular complexity index is 1470. The maximum atomic E-state index is 12.9. The SMILES string of the molecule is COc1ncc(-c2ccc3ncc(C)c(=O)n3c2)cc1NS(=O)(=O)c1sc(C)nc1C. The van der Waals surface area contributed by atoms with E-state index in [0.29, 0.717) is 33.0 Å². The summed E-state index contributed by atoms with van der Waals surface area (Å²) in [6.45, 7) is 5.09. The number of methoxy groups -OCH3 is 1. The lowest BCUT2D eigenvalue weighted by Crippen LogP contribution is -2.17. The first kappa shape index (κ1) is 20.9. The van der Waals surface area contributed by atoms with Gasteiger partial charge in [-0.1, -0.05) is 0 Å². The number of pyridine rings is 2. The Hall–Kier alpha value is -3.31. The smallest absolute Gasteiger partial charge is 0.273 e. The summed E-state index contributed by atoms with van der Waals surface area (Å²) < 4.78 is 35.2. The van der Waals surface area contributed by atoms with E-state index < -0.39 is 10.0 Å². The lowest BCUT2D eigenvalue weighted by molar-refractivity contribution is 0.400. The van der Waals surface area contributed by atoms with Crippen molar-refractivity contribution in [3.8, 4) is 17.0 Å². The molecule has 31 heavy (non-hydrogen) atoms. The van der Waals surface area contributed by atoms with Gasteiger partial charge in [0.25, 0.3) is 15.6 Å². The highest BCUT2D eigenvalue weighted by atomic mass is 32.2. The Morgan fingerprint density at radius 2 is 1.87 bits per heavy atom. The van der Waals surface area contributed by atoms with Gasteiger partial charge < -0.3 is 4.74 Å². The fourth-order valence-electron chi connectivity index (χ4n) is 3.14. The highest BCUT2D eigenvalue weighted by Crippen LogP contribution is 2.32. The third kappa shape index (κ3) is 3.89. The standard InChI is InChI=1S/C20H19N5O4S2/c1-11-8-21-17-6-5-14(10-25(17)19(11)26)15-7-16(18(29-4)22-9-15)24-31(27,28)20-12(2)23-13(3)30-20/h5-10,24H,1-4H3. The van der Waals surface area contributed by atoms with E-state index in [0.717, 1.165) is 11.3 Å². The van der Waals surface area contributed by atoms with Crippen LogP contribution in [-0.2, 0) is 10.0 Å². The van der Waals surface area contributed by atoms with E-state index in [1.54, 1.807) is 51.4 Å². The molecule has 0 bridgehead atoms. The fourth-order valence-corrected chi connectivity index (χ4v) is 5.67. The maximum absolute atomic E-state index is 12.9. The van der Waals surface area contributed by atoms with Gasteiger partial charge in [0.1, 0.15) is 11.3 Å². The minimum Gasteiger partial charge on any atom is -0.480 e. The van der Waals surface area contributed by atoms with Crippen molar-refractivity contribution in [2.75, 3.05) is 11.8 Å². The van der Waals surface area contributed by atoms with Crippen LogP contribution in [0.5, 0.6) is 5.88 Å². The zero-order valence-corrected chi connectivity index (χ0v) is 18.8. The highest BCUT2D eigenvalue weighted by molar-refractivity contribution is 7.94. The lowest BCUT2D eigenvalue weighted by atomic mass is 10.1. The van der Waals surface area contributed by atoms with Gasteiger partial charge >= 0.3 is 0 Å². The summed E-state index contributed by atoms with van der Waals surface area (Å²) in [5, 5.41) is 0.655. The van der Waals surface area contributed by atoms with Crippen molar-refractivity contribution in [3.05, 3.63) is 63.4 Å². The zero-order valence-electron chi connectivity index (χ0n) is 17.2. The molecule has 9 nitrogen and oxygen atoms in total. The monoisotopic (exact) mass is 457 g/mol. The van der Waals surface area contributed by atoms with E-state index in [1.165, 1.54) is 17.7 Å². The summed E-state index contributed by atoms with van der Waals surface area (Å²) in [7, 11) is -2.47. The third-order valence-electron chi connectivity index (χ3n) is 4.60. The largest absolute Gasteiger partial charge is 0.480 e. The molecule has 11 heteroatoms. The average molecular weight is 458 g/mol. The molecule has 0 aliphatic heterocycles. The van der Waals surface area contributed by atoms with Crippen LogP contribution in [0.1, 0.15) is 16.3 Å². The van der Waals surface area contributed by atoms with Gasteiger partial charge in [0.2, 0.25) is 5.88 Å². The molecule has 0 amide bonds. The maximum Gasteiger partial charge on any atom is 0.273 e. The lowest BCUT2D eigenvalue weighted by Gasteiger charge is -2.12. The van der Waals surface area contributed by atoms with Gasteiger partial charge in [-0.05, 0) is 39.0 Å². The second kappa shape index (κ2) is 7.75. The van der Waals surface area contributed by atoms with Crippen LogP contribution in [0.3, 0.4) is 0 Å². The number of hydrogen-bond donors (Lipinski definition) is 1. The quantitative estimate of drug-likeness (QED) is 0.490. The van der Waals surface area contributed by atoms with Gasteiger partial charge in [0.15, 0.2) is 4.21 Å². The van der Waals surface area contributed by atoms with Crippen molar-refractivity contribution in [2.24, 2.45) is 0 Å². The van der Waals surface area contributed by atoms with Crippen molar-refractivity contribution in [2.45, 2.75) is 25.0 Å². The van der Waals surface area contributed by atoms with Crippen molar-refractivity contribution in [1.82, 2.24) is 19.4 Å². The van der Waals surface area contributed by atoms with E-state index in [2.05, 4.69) is 19.7 Å². The highest BCUT2D eigenvalue weighted by Gasteiger charge is 2.23. The summed E-state index contributed by atoms with van der Waals surface area (Å²) >= 11 is 1.09. The van der Waals surface area contributed by atoms with Crippen LogP contribution in [0.15, 0.2) is 45.8 Å². The first-order valence-electron chi connectivity index (χ1n) is 9.19. The van der Waals surface area contributed by atoms with Gasteiger partial charge in [-0.25, -0.2) is 23.4 Å². The van der Waals surface area contributed by atoms with Crippen LogP contribution in [-0.4, -0.2) is 34.9 Å². The molecule has 0 saturated heterocycles. The summed E-state index contributed by atoms with van der Waals surface area (Å²) in [6.07, 6.45) is 4.73. The number of nitrogens with zero attached hydrogens (tertiary/aromatic N) is 4. The first-order chi connectivity index (χ1) is 14.7. The fraction of sp³-hybridized carbons (Fsp3) is 0.200. The van der Waals surface area contributed by atoms with Crippen LogP contribution in [0.4, 0.5) is 5.69 Å². The molecule has 4 aromatic heterocycles. The van der Waals surface area contributed by atoms with E-state index in [4.69, 9.17) is 4.74 Å². The van der Waals surface area contributed by atoms with Crippen LogP contribution in [0.2, 0.25) is 0 Å². The topological polar surface area (TPSA) is 116 Å². The van der Waals surface area contributed by atoms with Gasteiger partial charge in [-0.3, -0.25) is 13.9 Å². The Kier molecular flexibility index (Phi) is 5.23. The molecule has 0 aliphatic rings. The number of aryl methyl sites for hydroxylation is 3. The van der Waals surface area contributed by atoms with Crippen molar-refractivity contribution < 1.29 is 13.2 Å². The number of rotatable bonds is 5. The number of aromatic nitrogens is 4. The summed E-state index contributed by atoms with van der Waals surface area (Å²) in [5.74, 6) is 0.127. The van der Waals surface area contributed by atoms with E-state index >= 15 is 0 Å². The normalized spacial score (nSPS) is 11.6. The van der Waals surface area contributed by atoms with Gasteiger partial charge in [0.05, 0.1) is 17.8 Å². The second-order valence-corrected chi connectivity index (χ2v) is 9.97. The van der Waals surface area contributed by atoms with Crippen molar-refractivity contribution in [3.63, 3.8) is 0 Å². The Labute approximate surface area is 182 Å². The molecular formula is C20H19N5O4S2. The molecule has 4 rings (SSSR count). The minimum absolute atomic E-state index is 0.127. The van der Waals surface area contributed by atoms with Crippen LogP contribution in [0.25, 0.3) is 16.8 Å². The number of hydrogen-bond acceptors (Lipinski definition) is 8. The number of sulfonamides is 1. The molecule has 0 saturated carbocycles. The molecule has 0 fully saturated rings. The number of thiazole rings is 1. The van der Waals surface area contributed by atoms with Gasteiger partial charge in [-0.15, -0.1) is 11.3 Å². The number of nitrogens with one attached hydrogen (secondary N) is 1. The molecule has 0 aliphatic carbocycles. The molecular weight excluding hydrogens is 438 g/mol. The predicted octanol–water partition coefficient (Wildman–Crippen LogP) is 2.95. The van der Waals surface area contributed by atoms with Crippen LogP contribution < -0.4 is 15.0 Å². The Morgan fingerprint density at radius 1 is 1.10 bits per heavy atom. The Balaban J connectivity index is 1.80. The van der Waals surface area contributed by atoms with Gasteiger partial charge in [-0.2, -0.15) is 0 Å². The number of ether oxygens (including phenoxy) is 1. The van der Waals surface area contributed by atoms with Crippen LogP contribution >= 0.6 is 11.3 Å². The second-order valence-electron chi connectivity index (χ2n) is 6.88. The predicted molar refractivity (Wildman–Crippen MR) is 118 cm³/mol. The molecule has 0 aromatic carbocycles. The zero-order chi connectivity index (χ0) is 22.3. The molecule has 4 heterocycles. The molecule has 0 atom stereocenters. The number of anilines is 1. The third-order valence-corrected chi connectivity index (χ3v) is 7.65.